The minimum Gasteiger partial charge on any atom is -0.335 e. The zero-order valence-electron chi connectivity index (χ0n) is 14.4. The van der Waals surface area contributed by atoms with Crippen molar-refractivity contribution in [1.82, 2.24) is 9.55 Å². The summed E-state index contributed by atoms with van der Waals surface area (Å²) < 4.78 is 2.38. The van der Waals surface area contributed by atoms with Crippen LogP contribution in [-0.4, -0.2) is 9.55 Å². The van der Waals surface area contributed by atoms with Gasteiger partial charge in [-0.15, -0.1) is 0 Å². The van der Waals surface area contributed by atoms with Gasteiger partial charge in [-0.2, -0.15) is 0 Å². The summed E-state index contributed by atoms with van der Waals surface area (Å²) in [6, 6.07) is 0. The van der Waals surface area contributed by atoms with Crippen LogP contribution < -0.4 is 0 Å². The zero-order valence-corrected chi connectivity index (χ0v) is 14.4. The number of unbranched alkanes of at least 4 members (excludes halogenated alkanes) is 10. The highest BCUT2D eigenvalue weighted by Gasteiger charge is 2.02. The summed E-state index contributed by atoms with van der Waals surface area (Å²) in [4.78, 5) is 4.54. The molecule has 2 heteroatoms. The lowest BCUT2D eigenvalue weighted by Gasteiger charge is -2.08. The second-order valence-corrected chi connectivity index (χ2v) is 6.32. The average Bonchev–Trinajstić information content (AvgIpc) is 2.94. The number of imidazole rings is 1. The first kappa shape index (κ1) is 18.3. The number of nitrogens with zero attached hydrogens (tertiary/aromatic N) is 2. The first-order valence-electron chi connectivity index (χ1n) is 9.38. The van der Waals surface area contributed by atoms with E-state index >= 15 is 0 Å². The lowest BCUT2D eigenvalue weighted by Crippen LogP contribution is -2.03. The van der Waals surface area contributed by atoms with Crippen molar-refractivity contribution < 1.29 is 0 Å². The molecule has 1 aromatic rings. The van der Waals surface area contributed by atoms with Crippen LogP contribution in [0.15, 0.2) is 12.4 Å². The molecule has 1 rings (SSSR count). The maximum atomic E-state index is 4.54. The monoisotopic (exact) mass is 292 g/mol. The van der Waals surface area contributed by atoms with Gasteiger partial charge in [0.1, 0.15) is 5.82 Å². The molecular formula is C19H36N2. The molecule has 1 aromatic heterocycles. The molecule has 0 bridgehead atoms. The molecule has 0 spiro atoms. The minimum absolute atomic E-state index is 1.16. The van der Waals surface area contributed by atoms with Crippen LogP contribution in [0, 0.1) is 0 Å². The van der Waals surface area contributed by atoms with Gasteiger partial charge in [0.15, 0.2) is 0 Å². The summed E-state index contributed by atoms with van der Waals surface area (Å²) in [5.74, 6) is 1.30. The zero-order chi connectivity index (χ0) is 15.2. The van der Waals surface area contributed by atoms with Crippen molar-refractivity contribution in [2.24, 2.45) is 0 Å². The number of hydrogen-bond acceptors (Lipinski definition) is 1. The maximum absolute atomic E-state index is 4.54. The van der Waals surface area contributed by atoms with E-state index in [0.717, 1.165) is 13.0 Å². The van der Waals surface area contributed by atoms with E-state index in [1.54, 1.807) is 0 Å². The van der Waals surface area contributed by atoms with Crippen LogP contribution in [0.3, 0.4) is 0 Å². The molecule has 0 saturated carbocycles. The Morgan fingerprint density at radius 2 is 1.33 bits per heavy atom. The quantitative estimate of drug-likeness (QED) is 0.376. The number of aromatic nitrogens is 2. The molecular weight excluding hydrogens is 256 g/mol. The van der Waals surface area contributed by atoms with E-state index in [4.69, 9.17) is 0 Å². The smallest absolute Gasteiger partial charge is 0.108 e. The Balaban J connectivity index is 2.09. The topological polar surface area (TPSA) is 17.8 Å². The van der Waals surface area contributed by atoms with Crippen molar-refractivity contribution in [3.63, 3.8) is 0 Å². The average molecular weight is 293 g/mol. The number of rotatable bonds is 14. The van der Waals surface area contributed by atoms with Crippen LogP contribution in [0.4, 0.5) is 0 Å². The molecule has 0 radical (unpaired) electrons. The molecule has 0 aliphatic heterocycles. The Kier molecular flexibility index (Phi) is 11.2. The van der Waals surface area contributed by atoms with Crippen molar-refractivity contribution in [3.8, 4) is 0 Å². The van der Waals surface area contributed by atoms with Crippen LogP contribution in [0.2, 0.25) is 0 Å². The SMILES string of the molecule is CCCCCCCCc1nccn1CCCCCCCC. The molecule has 1 heterocycles. The van der Waals surface area contributed by atoms with E-state index in [2.05, 4.69) is 29.6 Å². The Labute approximate surface area is 132 Å². The Morgan fingerprint density at radius 3 is 2.00 bits per heavy atom. The minimum atomic E-state index is 1.16. The Bertz CT molecular complexity index is 300. The molecule has 0 N–H and O–H groups in total. The maximum Gasteiger partial charge on any atom is 0.108 e. The van der Waals surface area contributed by atoms with Crippen molar-refractivity contribution in [1.29, 1.82) is 0 Å². The fourth-order valence-corrected chi connectivity index (χ4v) is 2.90. The van der Waals surface area contributed by atoms with E-state index in [9.17, 15) is 0 Å². The molecule has 0 saturated heterocycles. The third kappa shape index (κ3) is 8.95. The molecule has 0 aromatic carbocycles. The van der Waals surface area contributed by atoms with Gasteiger partial charge in [-0.3, -0.25) is 0 Å². The highest BCUT2D eigenvalue weighted by molar-refractivity contribution is 4.92. The highest BCUT2D eigenvalue weighted by atomic mass is 15.1. The van der Waals surface area contributed by atoms with Crippen LogP contribution in [-0.2, 0) is 13.0 Å². The van der Waals surface area contributed by atoms with Gasteiger partial charge in [-0.05, 0) is 12.8 Å². The van der Waals surface area contributed by atoms with Crippen molar-refractivity contribution >= 4 is 0 Å². The van der Waals surface area contributed by atoms with Gasteiger partial charge in [-0.25, -0.2) is 4.98 Å². The van der Waals surface area contributed by atoms with Crippen molar-refractivity contribution in [3.05, 3.63) is 18.2 Å². The van der Waals surface area contributed by atoms with E-state index in [1.807, 2.05) is 6.20 Å². The van der Waals surface area contributed by atoms with E-state index < -0.39 is 0 Å². The first-order chi connectivity index (χ1) is 10.4. The predicted octanol–water partition coefficient (Wildman–Crippen LogP) is 6.15. The van der Waals surface area contributed by atoms with Crippen LogP contribution >= 0.6 is 0 Å². The Morgan fingerprint density at radius 1 is 0.762 bits per heavy atom. The number of aryl methyl sites for hydroxylation is 2. The lowest BCUT2D eigenvalue weighted by atomic mass is 10.1. The van der Waals surface area contributed by atoms with E-state index in [1.165, 1.54) is 82.9 Å². The summed E-state index contributed by atoms with van der Waals surface area (Å²) >= 11 is 0. The molecule has 21 heavy (non-hydrogen) atoms. The van der Waals surface area contributed by atoms with E-state index in [-0.39, 0.29) is 0 Å². The van der Waals surface area contributed by atoms with Gasteiger partial charge >= 0.3 is 0 Å². The number of hydrogen-bond donors (Lipinski definition) is 0. The normalized spacial score (nSPS) is 11.1. The molecule has 0 aliphatic rings. The molecule has 0 amide bonds. The third-order valence-electron chi connectivity index (χ3n) is 4.31. The summed E-state index contributed by atoms with van der Waals surface area (Å²) in [6.45, 7) is 5.72. The first-order valence-corrected chi connectivity index (χ1v) is 9.38. The van der Waals surface area contributed by atoms with Crippen LogP contribution in [0.5, 0.6) is 0 Å². The third-order valence-corrected chi connectivity index (χ3v) is 4.31. The molecule has 2 nitrogen and oxygen atoms in total. The molecule has 0 aliphatic carbocycles. The largest absolute Gasteiger partial charge is 0.335 e. The van der Waals surface area contributed by atoms with Gasteiger partial charge in [0.05, 0.1) is 0 Å². The molecule has 122 valence electrons. The molecule has 0 fully saturated rings. The van der Waals surface area contributed by atoms with E-state index in [0.29, 0.717) is 0 Å². The summed E-state index contributed by atoms with van der Waals surface area (Å²) in [5, 5.41) is 0. The second kappa shape index (κ2) is 12.9. The summed E-state index contributed by atoms with van der Waals surface area (Å²) in [5.41, 5.74) is 0. The van der Waals surface area contributed by atoms with Gasteiger partial charge < -0.3 is 4.57 Å². The van der Waals surface area contributed by atoms with Gasteiger partial charge in [0.25, 0.3) is 0 Å². The summed E-state index contributed by atoms with van der Waals surface area (Å²) in [7, 11) is 0. The van der Waals surface area contributed by atoms with Gasteiger partial charge in [0.2, 0.25) is 0 Å². The highest BCUT2D eigenvalue weighted by Crippen LogP contribution is 2.11. The molecule has 0 atom stereocenters. The van der Waals surface area contributed by atoms with Gasteiger partial charge in [-0.1, -0.05) is 78.1 Å². The predicted molar refractivity (Wildman–Crippen MR) is 92.7 cm³/mol. The van der Waals surface area contributed by atoms with Crippen molar-refractivity contribution in [2.45, 2.75) is 104 Å². The lowest BCUT2D eigenvalue weighted by molar-refractivity contribution is 0.536. The second-order valence-electron chi connectivity index (χ2n) is 6.32. The summed E-state index contributed by atoms with van der Waals surface area (Å²) in [6.07, 6.45) is 21.7. The fourth-order valence-electron chi connectivity index (χ4n) is 2.90. The standard InChI is InChI=1S/C19H36N2/c1-3-5-7-9-11-13-15-19-20-16-18-21(19)17-14-12-10-8-6-4-2/h16,18H,3-15,17H2,1-2H3. The van der Waals surface area contributed by atoms with Gasteiger partial charge in [0, 0.05) is 25.4 Å². The van der Waals surface area contributed by atoms with Crippen LogP contribution in [0.1, 0.15) is 96.7 Å². The fraction of sp³-hybridized carbons (Fsp3) is 0.842. The Hall–Kier alpha value is -0.790. The van der Waals surface area contributed by atoms with Crippen LogP contribution in [0.25, 0.3) is 0 Å². The molecule has 0 unspecified atom stereocenters. The van der Waals surface area contributed by atoms with Crippen molar-refractivity contribution in [2.75, 3.05) is 0 Å².